The summed E-state index contributed by atoms with van der Waals surface area (Å²) >= 11 is 0. The van der Waals surface area contributed by atoms with Gasteiger partial charge in [-0.1, -0.05) is 36.4 Å². The van der Waals surface area contributed by atoms with E-state index >= 15 is 0 Å². The smallest absolute Gasteiger partial charge is 0.409 e. The van der Waals surface area contributed by atoms with E-state index in [2.05, 4.69) is 40.6 Å². The molecule has 0 atom stereocenters. The van der Waals surface area contributed by atoms with Gasteiger partial charge in [0.2, 0.25) is 0 Å². The number of amides is 1. The minimum atomic E-state index is -0.233. The fourth-order valence-electron chi connectivity index (χ4n) is 3.19. The summed E-state index contributed by atoms with van der Waals surface area (Å²) in [6.45, 7) is 4.12. The number of guanidine groups is 1. The van der Waals surface area contributed by atoms with Crippen LogP contribution in [0.5, 0.6) is 0 Å². The zero-order chi connectivity index (χ0) is 18.4. The van der Waals surface area contributed by atoms with Gasteiger partial charge >= 0.3 is 6.09 Å². The number of nitrogens with zero attached hydrogens (tertiary/aromatic N) is 2. The van der Waals surface area contributed by atoms with Crippen molar-refractivity contribution in [3.05, 3.63) is 48.0 Å². The van der Waals surface area contributed by atoms with Crippen LogP contribution in [0.15, 0.2) is 47.5 Å². The van der Waals surface area contributed by atoms with Gasteiger partial charge in [-0.05, 0) is 42.2 Å². The van der Waals surface area contributed by atoms with E-state index in [1.807, 2.05) is 19.1 Å². The Morgan fingerprint density at radius 2 is 1.93 bits per heavy atom. The van der Waals surface area contributed by atoms with Crippen LogP contribution < -0.4 is 11.1 Å². The average molecular weight is 482 g/mol. The van der Waals surface area contributed by atoms with Crippen LogP contribution in [0.3, 0.4) is 0 Å². The van der Waals surface area contributed by atoms with Gasteiger partial charge in [-0.15, -0.1) is 24.0 Å². The number of piperidine rings is 1. The Labute approximate surface area is 177 Å². The summed E-state index contributed by atoms with van der Waals surface area (Å²) in [4.78, 5) is 17.9. The van der Waals surface area contributed by atoms with Crippen molar-refractivity contribution in [3.63, 3.8) is 0 Å². The molecule has 3 rings (SSSR count). The van der Waals surface area contributed by atoms with E-state index in [-0.39, 0.29) is 36.1 Å². The standard InChI is InChI=1S/C20H26N4O2.HI/c1-2-26-20(25)24-11-9-18(10-12-24)23-19(21)22-14-15-7-8-16-5-3-4-6-17(16)13-15;/h3-8,13,18H,2,9-12,14H2,1H3,(H3,21,22,23);1H. The van der Waals surface area contributed by atoms with E-state index in [9.17, 15) is 4.79 Å². The molecule has 6 nitrogen and oxygen atoms in total. The molecule has 7 heteroatoms. The van der Waals surface area contributed by atoms with Crippen molar-refractivity contribution < 1.29 is 9.53 Å². The molecule has 1 fully saturated rings. The molecule has 1 aliphatic rings. The van der Waals surface area contributed by atoms with Crippen LogP contribution >= 0.6 is 24.0 Å². The summed E-state index contributed by atoms with van der Waals surface area (Å²) in [6.07, 6.45) is 1.44. The number of hydrogen-bond donors (Lipinski definition) is 2. The first-order valence-corrected chi connectivity index (χ1v) is 9.11. The predicted molar refractivity (Wildman–Crippen MR) is 119 cm³/mol. The second-order valence-electron chi connectivity index (χ2n) is 6.49. The number of carbonyl (C=O) groups is 1. The van der Waals surface area contributed by atoms with Crippen molar-refractivity contribution >= 4 is 46.8 Å². The largest absolute Gasteiger partial charge is 0.450 e. The summed E-state index contributed by atoms with van der Waals surface area (Å²) in [7, 11) is 0. The molecule has 0 aliphatic carbocycles. The van der Waals surface area contributed by atoms with Crippen LogP contribution in [0.25, 0.3) is 10.8 Å². The van der Waals surface area contributed by atoms with Gasteiger partial charge in [-0.25, -0.2) is 9.79 Å². The third kappa shape index (κ3) is 5.98. The molecule has 1 heterocycles. The molecule has 3 N–H and O–H groups in total. The first-order chi connectivity index (χ1) is 12.7. The number of nitrogens with two attached hydrogens (primary N) is 1. The number of likely N-dealkylation sites (tertiary alicyclic amines) is 1. The lowest BCUT2D eigenvalue weighted by Crippen LogP contribution is -2.48. The van der Waals surface area contributed by atoms with Crippen LogP contribution in [0.2, 0.25) is 0 Å². The summed E-state index contributed by atoms with van der Waals surface area (Å²) in [5.74, 6) is 0.452. The van der Waals surface area contributed by atoms with Crippen LogP contribution in [0.1, 0.15) is 25.3 Å². The van der Waals surface area contributed by atoms with Gasteiger partial charge in [0.05, 0.1) is 13.2 Å². The molecule has 1 aliphatic heterocycles. The third-order valence-corrected chi connectivity index (χ3v) is 4.62. The second-order valence-corrected chi connectivity index (χ2v) is 6.49. The van der Waals surface area contributed by atoms with E-state index in [1.54, 1.807) is 4.90 Å². The lowest BCUT2D eigenvalue weighted by atomic mass is 10.1. The first-order valence-electron chi connectivity index (χ1n) is 9.11. The Bertz CT molecular complexity index is 788. The number of nitrogens with one attached hydrogen (secondary N) is 1. The maximum atomic E-state index is 11.7. The van der Waals surface area contributed by atoms with E-state index in [4.69, 9.17) is 10.5 Å². The molecule has 0 bridgehead atoms. The monoisotopic (exact) mass is 482 g/mol. The zero-order valence-electron chi connectivity index (χ0n) is 15.6. The number of fused-ring (bicyclic) bond motifs is 1. The number of halogens is 1. The lowest BCUT2D eigenvalue weighted by molar-refractivity contribution is 0.0963. The Balaban J connectivity index is 0.00000261. The highest BCUT2D eigenvalue weighted by atomic mass is 127. The number of rotatable bonds is 4. The highest BCUT2D eigenvalue weighted by molar-refractivity contribution is 14.0. The van der Waals surface area contributed by atoms with E-state index in [1.165, 1.54) is 10.8 Å². The highest BCUT2D eigenvalue weighted by Gasteiger charge is 2.23. The Morgan fingerprint density at radius 3 is 2.63 bits per heavy atom. The minimum Gasteiger partial charge on any atom is -0.450 e. The van der Waals surface area contributed by atoms with Crippen molar-refractivity contribution in [2.45, 2.75) is 32.4 Å². The second kappa shape index (κ2) is 10.3. The predicted octanol–water partition coefficient (Wildman–Crippen LogP) is 3.48. The number of benzene rings is 2. The third-order valence-electron chi connectivity index (χ3n) is 4.62. The molecule has 2 aromatic rings. The van der Waals surface area contributed by atoms with Gasteiger partial charge in [-0.3, -0.25) is 0 Å². The van der Waals surface area contributed by atoms with Crippen LogP contribution in [0.4, 0.5) is 4.79 Å². The average Bonchev–Trinajstić information content (AvgIpc) is 2.67. The maximum Gasteiger partial charge on any atom is 0.409 e. The molecule has 27 heavy (non-hydrogen) atoms. The van der Waals surface area contributed by atoms with E-state index in [0.717, 1.165) is 18.4 Å². The van der Waals surface area contributed by atoms with E-state index in [0.29, 0.717) is 32.2 Å². The Morgan fingerprint density at radius 1 is 1.22 bits per heavy atom. The zero-order valence-corrected chi connectivity index (χ0v) is 17.9. The van der Waals surface area contributed by atoms with E-state index < -0.39 is 0 Å². The maximum absolute atomic E-state index is 11.7. The van der Waals surface area contributed by atoms with Crippen LogP contribution in [-0.2, 0) is 11.3 Å². The van der Waals surface area contributed by atoms with Crippen molar-refractivity contribution in [2.75, 3.05) is 19.7 Å². The molecule has 1 saturated heterocycles. The van der Waals surface area contributed by atoms with Gasteiger partial charge in [0, 0.05) is 19.1 Å². The number of aliphatic imine (C=N–C) groups is 1. The highest BCUT2D eigenvalue weighted by Crippen LogP contribution is 2.16. The van der Waals surface area contributed by atoms with Crippen molar-refractivity contribution in [3.8, 4) is 0 Å². The van der Waals surface area contributed by atoms with Gasteiger partial charge < -0.3 is 20.7 Å². The fraction of sp³-hybridized carbons (Fsp3) is 0.400. The summed E-state index contributed by atoms with van der Waals surface area (Å²) < 4.78 is 5.03. The van der Waals surface area contributed by atoms with Gasteiger partial charge in [0.25, 0.3) is 0 Å². The van der Waals surface area contributed by atoms with Crippen molar-refractivity contribution in [1.29, 1.82) is 0 Å². The molecular weight excluding hydrogens is 455 g/mol. The van der Waals surface area contributed by atoms with Gasteiger partial charge in [-0.2, -0.15) is 0 Å². The molecule has 0 saturated carbocycles. The molecule has 0 radical (unpaired) electrons. The lowest BCUT2D eigenvalue weighted by Gasteiger charge is -2.31. The van der Waals surface area contributed by atoms with Crippen molar-refractivity contribution in [1.82, 2.24) is 10.2 Å². The van der Waals surface area contributed by atoms with Crippen molar-refractivity contribution in [2.24, 2.45) is 10.7 Å². The fourth-order valence-corrected chi connectivity index (χ4v) is 3.19. The first kappa shape index (κ1) is 21.3. The molecule has 0 aromatic heterocycles. The molecule has 0 unspecified atom stereocenters. The molecule has 2 aromatic carbocycles. The topological polar surface area (TPSA) is 80.0 Å². The summed E-state index contributed by atoms with van der Waals surface area (Å²) in [6, 6.07) is 14.8. The minimum absolute atomic E-state index is 0. The summed E-state index contributed by atoms with van der Waals surface area (Å²) in [5, 5.41) is 5.70. The molecule has 1 amide bonds. The van der Waals surface area contributed by atoms with Crippen LogP contribution in [0, 0.1) is 0 Å². The normalized spacial score (nSPS) is 15.3. The Hall–Kier alpha value is -2.03. The quantitative estimate of drug-likeness (QED) is 0.398. The summed E-state index contributed by atoms with van der Waals surface area (Å²) in [5.41, 5.74) is 7.17. The number of carbonyl (C=O) groups excluding carboxylic acids is 1. The van der Waals surface area contributed by atoms with Gasteiger partial charge in [0.1, 0.15) is 0 Å². The molecule has 0 spiro atoms. The van der Waals surface area contributed by atoms with Crippen LogP contribution in [-0.4, -0.2) is 42.7 Å². The number of hydrogen-bond acceptors (Lipinski definition) is 3. The molecular formula is C20H27IN4O2. The SMILES string of the molecule is CCOC(=O)N1CCC(NC(N)=NCc2ccc3ccccc3c2)CC1.I. The Kier molecular flexibility index (Phi) is 8.15. The number of ether oxygens (including phenoxy) is 1. The van der Waals surface area contributed by atoms with Gasteiger partial charge in [0.15, 0.2) is 5.96 Å². The molecule has 146 valence electrons.